The number of rotatable bonds is 7. The quantitative estimate of drug-likeness (QED) is 0.346. The average molecular weight is 431 g/mol. The van der Waals surface area contributed by atoms with Crippen molar-refractivity contribution < 1.29 is 4.79 Å². The number of carbonyl (C=O) groups excluding carboxylic acids is 1. The van der Waals surface area contributed by atoms with Gasteiger partial charge < -0.3 is 5.32 Å². The molecule has 31 heavy (non-hydrogen) atoms. The number of hydrogen-bond acceptors (Lipinski definition) is 5. The molecule has 0 aliphatic rings. The molecule has 4 aromatic rings. The Kier molecular flexibility index (Phi) is 6.43. The Labute approximate surface area is 184 Å². The van der Waals surface area contributed by atoms with Crippen LogP contribution in [0.15, 0.2) is 83.0 Å². The zero-order chi connectivity index (χ0) is 21.6. The van der Waals surface area contributed by atoms with Gasteiger partial charge in [0, 0.05) is 11.9 Å². The predicted octanol–water partition coefficient (Wildman–Crippen LogP) is 4.46. The van der Waals surface area contributed by atoms with E-state index in [-0.39, 0.29) is 17.2 Å². The van der Waals surface area contributed by atoms with Crippen LogP contribution in [0, 0.1) is 0 Å². The number of amides is 1. The molecular formula is C24H22N4O2S. The van der Waals surface area contributed by atoms with E-state index in [1.165, 1.54) is 21.9 Å². The van der Waals surface area contributed by atoms with E-state index in [4.69, 9.17) is 0 Å². The third-order valence-electron chi connectivity index (χ3n) is 4.76. The number of aromatic nitrogens is 3. The summed E-state index contributed by atoms with van der Waals surface area (Å²) in [5.41, 5.74) is 3.02. The van der Waals surface area contributed by atoms with Crippen LogP contribution in [0.25, 0.3) is 16.6 Å². The lowest BCUT2D eigenvalue weighted by Gasteiger charge is -2.13. The predicted molar refractivity (Wildman–Crippen MR) is 125 cm³/mol. The molecule has 0 saturated carbocycles. The molecule has 6 nitrogen and oxygen atoms in total. The van der Waals surface area contributed by atoms with Crippen LogP contribution in [-0.4, -0.2) is 26.2 Å². The summed E-state index contributed by atoms with van der Waals surface area (Å²) in [4.78, 5) is 34.4. The van der Waals surface area contributed by atoms with E-state index >= 15 is 0 Å². The highest BCUT2D eigenvalue weighted by atomic mass is 32.2. The Bertz CT molecular complexity index is 1250. The van der Waals surface area contributed by atoms with Crippen molar-refractivity contribution in [1.82, 2.24) is 14.5 Å². The molecule has 2 aromatic carbocycles. The number of nitrogens with one attached hydrogen (secondary N) is 1. The van der Waals surface area contributed by atoms with Gasteiger partial charge in [0.1, 0.15) is 0 Å². The summed E-state index contributed by atoms with van der Waals surface area (Å²) in [7, 11) is 0. The van der Waals surface area contributed by atoms with Crippen molar-refractivity contribution in [3.8, 4) is 5.69 Å². The van der Waals surface area contributed by atoms with Gasteiger partial charge >= 0.3 is 0 Å². The highest BCUT2D eigenvalue weighted by Gasteiger charge is 2.15. The number of pyridine rings is 1. The van der Waals surface area contributed by atoms with Crippen molar-refractivity contribution in [3.63, 3.8) is 0 Å². The van der Waals surface area contributed by atoms with Crippen molar-refractivity contribution in [3.05, 3.63) is 89.0 Å². The smallest absolute Gasteiger partial charge is 0.266 e. The molecule has 0 spiro atoms. The Hall–Kier alpha value is -3.45. The molecule has 7 heteroatoms. The lowest BCUT2D eigenvalue weighted by atomic mass is 10.1. The highest BCUT2D eigenvalue weighted by Crippen LogP contribution is 2.21. The van der Waals surface area contributed by atoms with E-state index in [1.807, 2.05) is 36.4 Å². The second-order valence-electron chi connectivity index (χ2n) is 7.05. The van der Waals surface area contributed by atoms with Crippen LogP contribution >= 0.6 is 11.8 Å². The van der Waals surface area contributed by atoms with Crippen LogP contribution in [0.1, 0.15) is 18.9 Å². The molecule has 156 valence electrons. The van der Waals surface area contributed by atoms with E-state index in [9.17, 15) is 9.59 Å². The Morgan fingerprint density at radius 1 is 1.06 bits per heavy atom. The first-order chi connectivity index (χ1) is 15.2. The molecule has 1 N–H and O–H groups in total. The molecule has 0 radical (unpaired) electrons. The highest BCUT2D eigenvalue weighted by molar-refractivity contribution is 7.99. The fraction of sp³-hybridized carbons (Fsp3) is 0.167. The summed E-state index contributed by atoms with van der Waals surface area (Å²) in [5.74, 6) is -0.0322. The summed E-state index contributed by atoms with van der Waals surface area (Å²) in [6.07, 6.45) is 5.36. The first-order valence-electron chi connectivity index (χ1n) is 10.1. The second-order valence-corrected chi connectivity index (χ2v) is 7.99. The number of anilines is 1. The summed E-state index contributed by atoms with van der Waals surface area (Å²) >= 11 is 1.22. The maximum Gasteiger partial charge on any atom is 0.266 e. The van der Waals surface area contributed by atoms with Gasteiger partial charge in [0.2, 0.25) is 5.91 Å². The minimum atomic E-state index is -0.187. The molecule has 0 unspecified atom stereocenters. The average Bonchev–Trinajstić information content (AvgIpc) is 2.80. The number of fused-ring (bicyclic) bond motifs is 1. The Morgan fingerprint density at radius 2 is 1.87 bits per heavy atom. The molecule has 2 aromatic heterocycles. The van der Waals surface area contributed by atoms with E-state index in [0.29, 0.717) is 21.7 Å². The van der Waals surface area contributed by atoms with E-state index in [0.717, 1.165) is 18.5 Å². The number of nitrogens with zero attached hydrogens (tertiary/aromatic N) is 3. The molecule has 0 atom stereocenters. The van der Waals surface area contributed by atoms with Gasteiger partial charge in [-0.25, -0.2) is 4.98 Å². The molecule has 0 bridgehead atoms. The van der Waals surface area contributed by atoms with Gasteiger partial charge in [-0.3, -0.25) is 19.1 Å². The van der Waals surface area contributed by atoms with Crippen LogP contribution in [0.5, 0.6) is 0 Å². The van der Waals surface area contributed by atoms with Crippen LogP contribution in [-0.2, 0) is 11.2 Å². The normalized spacial score (nSPS) is 10.9. The third-order valence-corrected chi connectivity index (χ3v) is 5.70. The van der Waals surface area contributed by atoms with Gasteiger partial charge in [0.15, 0.2) is 5.16 Å². The first kappa shape index (κ1) is 20.8. The molecule has 0 saturated heterocycles. The van der Waals surface area contributed by atoms with Crippen LogP contribution in [0.2, 0.25) is 0 Å². The lowest BCUT2D eigenvalue weighted by molar-refractivity contribution is -0.113. The molecule has 0 aliphatic heterocycles. The molecule has 0 fully saturated rings. The van der Waals surface area contributed by atoms with Crippen molar-refractivity contribution in [2.45, 2.75) is 24.9 Å². The van der Waals surface area contributed by atoms with E-state index in [1.54, 1.807) is 36.7 Å². The van der Waals surface area contributed by atoms with Crippen molar-refractivity contribution in [2.75, 3.05) is 11.1 Å². The van der Waals surface area contributed by atoms with Gasteiger partial charge in [-0.15, -0.1) is 0 Å². The monoisotopic (exact) mass is 430 g/mol. The Balaban J connectivity index is 1.57. The molecule has 1 amide bonds. The standard InChI is InChI=1S/C24H22N4O2S/c1-2-6-17-10-12-18(13-11-17)26-22(29)16-31-24-27-21-9-4-3-8-20(21)23(30)28(24)19-7-5-14-25-15-19/h3-5,7-15H,2,6,16H2,1H3,(H,26,29). The van der Waals surface area contributed by atoms with Gasteiger partial charge in [0.25, 0.3) is 5.56 Å². The van der Waals surface area contributed by atoms with Gasteiger partial charge in [-0.1, -0.05) is 49.4 Å². The van der Waals surface area contributed by atoms with Gasteiger partial charge in [-0.05, 0) is 48.4 Å². The number of thioether (sulfide) groups is 1. The number of carbonyl (C=O) groups is 1. The number of aryl methyl sites for hydroxylation is 1. The van der Waals surface area contributed by atoms with Crippen LogP contribution in [0.3, 0.4) is 0 Å². The second kappa shape index (κ2) is 9.57. The summed E-state index contributed by atoms with van der Waals surface area (Å²) < 4.78 is 1.51. The van der Waals surface area contributed by atoms with Crippen LogP contribution in [0.4, 0.5) is 5.69 Å². The SMILES string of the molecule is CCCc1ccc(NC(=O)CSc2nc3ccccc3c(=O)n2-c2cccnc2)cc1. The minimum absolute atomic E-state index is 0.127. The first-order valence-corrected chi connectivity index (χ1v) is 11.1. The van der Waals surface area contributed by atoms with Gasteiger partial charge in [0.05, 0.1) is 28.5 Å². The zero-order valence-corrected chi connectivity index (χ0v) is 17.9. The van der Waals surface area contributed by atoms with Crippen molar-refractivity contribution >= 4 is 34.3 Å². The molecular weight excluding hydrogens is 408 g/mol. The summed E-state index contributed by atoms with van der Waals surface area (Å²) in [6.45, 7) is 2.14. The lowest BCUT2D eigenvalue weighted by Crippen LogP contribution is -2.23. The summed E-state index contributed by atoms with van der Waals surface area (Å²) in [6, 6.07) is 18.6. The summed E-state index contributed by atoms with van der Waals surface area (Å²) in [5, 5.41) is 3.88. The number of hydrogen-bond donors (Lipinski definition) is 1. The number of benzene rings is 2. The van der Waals surface area contributed by atoms with Crippen LogP contribution < -0.4 is 10.9 Å². The molecule has 0 aliphatic carbocycles. The zero-order valence-electron chi connectivity index (χ0n) is 17.1. The van der Waals surface area contributed by atoms with E-state index in [2.05, 4.69) is 22.2 Å². The van der Waals surface area contributed by atoms with Crippen molar-refractivity contribution in [2.24, 2.45) is 0 Å². The Morgan fingerprint density at radius 3 is 2.61 bits per heavy atom. The fourth-order valence-corrected chi connectivity index (χ4v) is 4.11. The topological polar surface area (TPSA) is 76.9 Å². The fourth-order valence-electron chi connectivity index (χ4n) is 3.29. The molecule has 2 heterocycles. The van der Waals surface area contributed by atoms with Gasteiger partial charge in [-0.2, -0.15) is 0 Å². The number of para-hydroxylation sites is 1. The third kappa shape index (κ3) is 4.83. The minimum Gasteiger partial charge on any atom is -0.325 e. The molecule has 4 rings (SSSR count). The largest absolute Gasteiger partial charge is 0.325 e. The maximum atomic E-state index is 13.2. The van der Waals surface area contributed by atoms with E-state index < -0.39 is 0 Å². The maximum absolute atomic E-state index is 13.2. The van der Waals surface area contributed by atoms with Crippen molar-refractivity contribution in [1.29, 1.82) is 0 Å².